The van der Waals surface area contributed by atoms with Gasteiger partial charge in [0.05, 0.1) is 6.54 Å². The molecule has 110 valence electrons. The molecule has 2 aromatic rings. The number of hydrogen-bond acceptors (Lipinski definition) is 4. The maximum Gasteiger partial charge on any atom is 0.251 e. The molecular formula is C15H19N5O. The second-order valence-electron chi connectivity index (χ2n) is 5.37. The van der Waals surface area contributed by atoms with Crippen molar-refractivity contribution in [2.24, 2.45) is 5.73 Å². The van der Waals surface area contributed by atoms with Gasteiger partial charge in [-0.15, -0.1) is 0 Å². The smallest absolute Gasteiger partial charge is 0.251 e. The Bertz CT molecular complexity index is 647. The quantitative estimate of drug-likeness (QED) is 0.873. The molecule has 0 saturated heterocycles. The van der Waals surface area contributed by atoms with Crippen molar-refractivity contribution in [1.29, 1.82) is 0 Å². The van der Waals surface area contributed by atoms with E-state index in [0.717, 1.165) is 30.1 Å². The Labute approximate surface area is 123 Å². The number of amides is 1. The molecule has 0 saturated carbocycles. The minimum absolute atomic E-state index is 0.0520. The maximum absolute atomic E-state index is 12.2. The maximum atomic E-state index is 12.2. The van der Waals surface area contributed by atoms with Gasteiger partial charge in [-0.05, 0) is 31.0 Å². The highest BCUT2D eigenvalue weighted by Crippen LogP contribution is 2.13. The van der Waals surface area contributed by atoms with Crippen LogP contribution in [0.5, 0.6) is 0 Å². The fourth-order valence-corrected chi connectivity index (χ4v) is 2.61. The van der Waals surface area contributed by atoms with Crippen LogP contribution in [-0.2, 0) is 19.5 Å². The van der Waals surface area contributed by atoms with Gasteiger partial charge in [-0.1, -0.05) is 12.1 Å². The molecule has 1 unspecified atom stereocenters. The van der Waals surface area contributed by atoms with Crippen LogP contribution >= 0.6 is 0 Å². The molecule has 1 aliphatic heterocycles. The van der Waals surface area contributed by atoms with E-state index < -0.39 is 0 Å². The summed E-state index contributed by atoms with van der Waals surface area (Å²) in [6.45, 7) is 3.06. The Balaban J connectivity index is 1.65. The predicted molar refractivity (Wildman–Crippen MR) is 78.7 cm³/mol. The van der Waals surface area contributed by atoms with Gasteiger partial charge in [-0.2, -0.15) is 5.10 Å². The van der Waals surface area contributed by atoms with Crippen molar-refractivity contribution >= 4 is 5.91 Å². The van der Waals surface area contributed by atoms with Crippen LogP contribution in [0.25, 0.3) is 0 Å². The van der Waals surface area contributed by atoms with Crippen molar-refractivity contribution in [3.05, 3.63) is 47.0 Å². The zero-order valence-electron chi connectivity index (χ0n) is 12.0. The molecule has 3 rings (SSSR count). The molecular weight excluding hydrogens is 266 g/mol. The van der Waals surface area contributed by atoms with E-state index in [9.17, 15) is 4.79 Å². The Morgan fingerprint density at radius 3 is 2.90 bits per heavy atom. The second-order valence-corrected chi connectivity index (χ2v) is 5.37. The number of benzene rings is 1. The number of nitrogens with two attached hydrogens (primary N) is 1. The summed E-state index contributed by atoms with van der Waals surface area (Å²) in [6, 6.07) is 7.49. The van der Waals surface area contributed by atoms with Crippen LogP contribution in [0.3, 0.4) is 0 Å². The van der Waals surface area contributed by atoms with Crippen LogP contribution in [0.1, 0.15) is 34.0 Å². The first-order valence-corrected chi connectivity index (χ1v) is 7.16. The van der Waals surface area contributed by atoms with E-state index in [0.29, 0.717) is 18.7 Å². The van der Waals surface area contributed by atoms with Gasteiger partial charge in [0.2, 0.25) is 0 Å². The van der Waals surface area contributed by atoms with Gasteiger partial charge in [-0.3, -0.25) is 4.79 Å². The SMILES string of the molecule is Cc1nc2n(n1)CC(NC(=O)c1ccc(CN)cc1)CC2. The molecule has 6 heteroatoms. The van der Waals surface area contributed by atoms with Crippen molar-refractivity contribution in [2.75, 3.05) is 0 Å². The highest BCUT2D eigenvalue weighted by Gasteiger charge is 2.22. The summed E-state index contributed by atoms with van der Waals surface area (Å²) < 4.78 is 1.89. The average Bonchev–Trinajstić information content (AvgIpc) is 2.86. The molecule has 1 aromatic carbocycles. The molecule has 2 heterocycles. The molecule has 3 N–H and O–H groups in total. The normalized spacial score (nSPS) is 17.3. The number of aryl methyl sites for hydroxylation is 2. The van der Waals surface area contributed by atoms with Crippen LogP contribution in [-0.4, -0.2) is 26.7 Å². The van der Waals surface area contributed by atoms with Crippen LogP contribution in [0.15, 0.2) is 24.3 Å². The number of fused-ring (bicyclic) bond motifs is 1. The summed E-state index contributed by atoms with van der Waals surface area (Å²) in [6.07, 6.45) is 1.74. The number of rotatable bonds is 3. The third-order valence-corrected chi connectivity index (χ3v) is 3.75. The van der Waals surface area contributed by atoms with Crippen molar-refractivity contribution in [3.8, 4) is 0 Å². The van der Waals surface area contributed by atoms with Gasteiger partial charge in [0.25, 0.3) is 5.91 Å². The minimum Gasteiger partial charge on any atom is -0.347 e. The van der Waals surface area contributed by atoms with Gasteiger partial charge < -0.3 is 11.1 Å². The lowest BCUT2D eigenvalue weighted by molar-refractivity contribution is 0.0926. The lowest BCUT2D eigenvalue weighted by atomic mass is 10.1. The van der Waals surface area contributed by atoms with Crippen molar-refractivity contribution in [3.63, 3.8) is 0 Å². The predicted octanol–water partition coefficient (Wildman–Crippen LogP) is 0.790. The first kappa shape index (κ1) is 13.8. The zero-order valence-corrected chi connectivity index (χ0v) is 12.0. The average molecular weight is 285 g/mol. The summed E-state index contributed by atoms with van der Waals surface area (Å²) in [4.78, 5) is 16.6. The third kappa shape index (κ3) is 2.95. The van der Waals surface area contributed by atoms with Gasteiger partial charge in [-0.25, -0.2) is 9.67 Å². The first-order valence-electron chi connectivity index (χ1n) is 7.16. The van der Waals surface area contributed by atoms with E-state index in [1.54, 1.807) is 0 Å². The number of nitrogens with zero attached hydrogens (tertiary/aromatic N) is 3. The van der Waals surface area contributed by atoms with E-state index in [1.807, 2.05) is 35.9 Å². The summed E-state index contributed by atoms with van der Waals surface area (Å²) in [5.74, 6) is 1.74. The van der Waals surface area contributed by atoms with Gasteiger partial charge in [0, 0.05) is 24.6 Å². The highest BCUT2D eigenvalue weighted by molar-refractivity contribution is 5.94. The number of carbonyl (C=O) groups excluding carboxylic acids is 1. The molecule has 0 spiro atoms. The van der Waals surface area contributed by atoms with Crippen LogP contribution < -0.4 is 11.1 Å². The molecule has 0 radical (unpaired) electrons. The van der Waals surface area contributed by atoms with Crippen LogP contribution in [0.4, 0.5) is 0 Å². The van der Waals surface area contributed by atoms with Gasteiger partial charge >= 0.3 is 0 Å². The van der Waals surface area contributed by atoms with Crippen molar-refractivity contribution in [1.82, 2.24) is 20.1 Å². The Morgan fingerprint density at radius 2 is 2.19 bits per heavy atom. The minimum atomic E-state index is -0.0520. The van der Waals surface area contributed by atoms with E-state index >= 15 is 0 Å². The molecule has 6 nitrogen and oxygen atoms in total. The fourth-order valence-electron chi connectivity index (χ4n) is 2.61. The van der Waals surface area contributed by atoms with E-state index in [1.165, 1.54) is 0 Å². The Kier molecular flexibility index (Phi) is 3.70. The molecule has 0 fully saturated rings. The molecule has 1 aliphatic rings. The largest absolute Gasteiger partial charge is 0.347 e. The molecule has 0 bridgehead atoms. The third-order valence-electron chi connectivity index (χ3n) is 3.75. The van der Waals surface area contributed by atoms with Crippen molar-refractivity contribution < 1.29 is 4.79 Å². The molecule has 1 aromatic heterocycles. The molecule has 0 aliphatic carbocycles. The first-order chi connectivity index (χ1) is 10.2. The van der Waals surface area contributed by atoms with Crippen molar-refractivity contribution in [2.45, 2.75) is 38.9 Å². The molecule has 1 amide bonds. The standard InChI is InChI=1S/C15H19N5O/c1-10-17-14-7-6-13(9-20(14)19-10)18-15(21)12-4-2-11(8-16)3-5-12/h2-5,13H,6-9,16H2,1H3,(H,18,21). The number of aromatic nitrogens is 3. The number of nitrogens with one attached hydrogen (secondary N) is 1. The monoisotopic (exact) mass is 285 g/mol. The fraction of sp³-hybridized carbons (Fsp3) is 0.400. The lowest BCUT2D eigenvalue weighted by Crippen LogP contribution is -2.41. The summed E-state index contributed by atoms with van der Waals surface area (Å²) in [5, 5.41) is 7.41. The topological polar surface area (TPSA) is 85.8 Å². The van der Waals surface area contributed by atoms with E-state index in [4.69, 9.17) is 5.73 Å². The highest BCUT2D eigenvalue weighted by atomic mass is 16.1. The van der Waals surface area contributed by atoms with E-state index in [-0.39, 0.29) is 11.9 Å². The van der Waals surface area contributed by atoms with Crippen LogP contribution in [0.2, 0.25) is 0 Å². The van der Waals surface area contributed by atoms with Gasteiger partial charge in [0.1, 0.15) is 11.6 Å². The van der Waals surface area contributed by atoms with Gasteiger partial charge in [0.15, 0.2) is 0 Å². The van der Waals surface area contributed by atoms with E-state index in [2.05, 4.69) is 15.4 Å². The summed E-state index contributed by atoms with van der Waals surface area (Å²) >= 11 is 0. The second kappa shape index (κ2) is 5.65. The lowest BCUT2D eigenvalue weighted by Gasteiger charge is -2.23. The Hall–Kier alpha value is -2.21. The Morgan fingerprint density at radius 1 is 1.43 bits per heavy atom. The summed E-state index contributed by atoms with van der Waals surface area (Å²) in [5.41, 5.74) is 7.24. The number of carbonyl (C=O) groups is 1. The molecule has 1 atom stereocenters. The number of hydrogen-bond donors (Lipinski definition) is 2. The van der Waals surface area contributed by atoms with Crippen LogP contribution in [0, 0.1) is 6.92 Å². The summed E-state index contributed by atoms with van der Waals surface area (Å²) in [7, 11) is 0. The molecule has 21 heavy (non-hydrogen) atoms. The zero-order chi connectivity index (χ0) is 14.8.